The van der Waals surface area contributed by atoms with Crippen LogP contribution in [0.15, 0.2) is 24.3 Å². The molecule has 2 aliphatic rings. The molecule has 5 heteroatoms. The van der Waals surface area contributed by atoms with E-state index in [1.807, 2.05) is 41.0 Å². The average Bonchev–Trinajstić information content (AvgIpc) is 3.12. The fourth-order valence-electron chi connectivity index (χ4n) is 3.59. The molecule has 0 bridgehead atoms. The van der Waals surface area contributed by atoms with Crippen molar-refractivity contribution in [2.24, 2.45) is 5.92 Å². The first kappa shape index (κ1) is 16.8. The van der Waals surface area contributed by atoms with Crippen molar-refractivity contribution < 1.29 is 9.59 Å². The number of hydrogen-bond acceptors (Lipinski definition) is 2. The van der Waals surface area contributed by atoms with Crippen molar-refractivity contribution in [2.75, 3.05) is 31.5 Å². The lowest BCUT2D eigenvalue weighted by Gasteiger charge is -2.32. The minimum Gasteiger partial charge on any atom is -0.343 e. The monoisotopic (exact) mass is 329 g/mol. The molecule has 1 aromatic carbocycles. The zero-order chi connectivity index (χ0) is 16.9. The summed E-state index contributed by atoms with van der Waals surface area (Å²) in [5.74, 6) is 0.718. The fraction of sp³-hybridized carbons (Fsp3) is 0.579. The molecule has 5 nitrogen and oxygen atoms in total. The van der Waals surface area contributed by atoms with Crippen molar-refractivity contribution in [3.63, 3.8) is 0 Å². The van der Waals surface area contributed by atoms with Crippen LogP contribution < -0.4 is 5.32 Å². The number of piperidine rings is 1. The van der Waals surface area contributed by atoms with E-state index in [2.05, 4.69) is 5.32 Å². The van der Waals surface area contributed by atoms with Crippen molar-refractivity contribution in [3.8, 4) is 0 Å². The molecule has 0 spiro atoms. The number of benzene rings is 1. The number of carbonyl (C=O) groups is 2. The maximum Gasteiger partial charge on any atom is 0.321 e. The summed E-state index contributed by atoms with van der Waals surface area (Å²) in [5, 5.41) is 2.99. The molecule has 24 heavy (non-hydrogen) atoms. The van der Waals surface area contributed by atoms with Crippen LogP contribution in [0.25, 0.3) is 0 Å². The quantitative estimate of drug-likeness (QED) is 0.925. The molecular weight excluding hydrogens is 302 g/mol. The highest BCUT2D eigenvalue weighted by Gasteiger charge is 2.27. The van der Waals surface area contributed by atoms with Gasteiger partial charge in [-0.25, -0.2) is 4.79 Å². The number of amides is 3. The molecule has 2 fully saturated rings. The van der Waals surface area contributed by atoms with Gasteiger partial charge < -0.3 is 15.1 Å². The van der Waals surface area contributed by atoms with Gasteiger partial charge in [0.1, 0.15) is 0 Å². The molecular formula is C19H27N3O2. The topological polar surface area (TPSA) is 52.7 Å². The van der Waals surface area contributed by atoms with Gasteiger partial charge in [0.05, 0.1) is 0 Å². The molecule has 0 atom stereocenters. The third kappa shape index (κ3) is 4.08. The summed E-state index contributed by atoms with van der Waals surface area (Å²) in [6.07, 6.45) is 4.77. The van der Waals surface area contributed by atoms with Gasteiger partial charge in [-0.2, -0.15) is 0 Å². The number of anilines is 1. The summed E-state index contributed by atoms with van der Waals surface area (Å²) in [5.41, 5.74) is 1.94. The summed E-state index contributed by atoms with van der Waals surface area (Å²) < 4.78 is 0. The first-order valence-electron chi connectivity index (χ1n) is 9.03. The highest BCUT2D eigenvalue weighted by atomic mass is 16.2. The lowest BCUT2D eigenvalue weighted by molar-refractivity contribution is -0.131. The van der Waals surface area contributed by atoms with Crippen LogP contribution in [0.1, 0.15) is 37.7 Å². The second-order valence-corrected chi connectivity index (χ2v) is 6.97. The Kier molecular flexibility index (Phi) is 5.38. The number of likely N-dealkylation sites (tertiary alicyclic amines) is 2. The molecule has 0 aromatic heterocycles. The van der Waals surface area contributed by atoms with Crippen molar-refractivity contribution in [1.82, 2.24) is 9.80 Å². The van der Waals surface area contributed by atoms with Gasteiger partial charge in [-0.1, -0.05) is 18.2 Å². The Balaban J connectivity index is 1.45. The van der Waals surface area contributed by atoms with E-state index in [1.165, 1.54) is 0 Å². The molecule has 2 heterocycles. The van der Waals surface area contributed by atoms with Gasteiger partial charge in [0.2, 0.25) is 5.91 Å². The van der Waals surface area contributed by atoms with Gasteiger partial charge in [-0.15, -0.1) is 0 Å². The summed E-state index contributed by atoms with van der Waals surface area (Å²) >= 11 is 0. The van der Waals surface area contributed by atoms with E-state index in [1.54, 1.807) is 0 Å². The molecule has 3 amide bonds. The molecule has 2 aliphatic heterocycles. The van der Waals surface area contributed by atoms with Crippen molar-refractivity contribution in [2.45, 2.75) is 39.0 Å². The summed E-state index contributed by atoms with van der Waals surface area (Å²) in [7, 11) is 0. The van der Waals surface area contributed by atoms with Gasteiger partial charge in [-0.05, 0) is 50.2 Å². The number of nitrogens with zero attached hydrogens (tertiary/aromatic N) is 2. The van der Waals surface area contributed by atoms with Crippen LogP contribution in [0.3, 0.4) is 0 Å². The van der Waals surface area contributed by atoms with Crippen LogP contribution in [0.2, 0.25) is 0 Å². The van der Waals surface area contributed by atoms with E-state index < -0.39 is 0 Å². The Morgan fingerprint density at radius 1 is 1.04 bits per heavy atom. The van der Waals surface area contributed by atoms with Crippen molar-refractivity contribution in [3.05, 3.63) is 29.8 Å². The minimum atomic E-state index is -0.0337. The Bertz CT molecular complexity index is 588. The first-order valence-corrected chi connectivity index (χ1v) is 9.03. The number of rotatable bonds is 3. The smallest absolute Gasteiger partial charge is 0.321 e. The maximum absolute atomic E-state index is 12.4. The SMILES string of the molecule is Cc1ccccc1NC(=O)N1CCC(CC(=O)N2CCCC2)CC1. The number of nitrogens with one attached hydrogen (secondary N) is 1. The number of para-hydroxylation sites is 1. The molecule has 0 radical (unpaired) electrons. The molecule has 1 N–H and O–H groups in total. The molecule has 0 unspecified atom stereocenters. The third-order valence-electron chi connectivity index (χ3n) is 5.21. The number of hydrogen-bond donors (Lipinski definition) is 1. The Hall–Kier alpha value is -2.04. The predicted octanol–water partition coefficient (Wildman–Crippen LogP) is 3.25. The summed E-state index contributed by atoms with van der Waals surface area (Å²) in [6, 6.07) is 7.78. The van der Waals surface area contributed by atoms with Crippen molar-refractivity contribution in [1.29, 1.82) is 0 Å². The van der Waals surface area contributed by atoms with Crippen LogP contribution in [0, 0.1) is 12.8 Å². The molecule has 1 aromatic rings. The van der Waals surface area contributed by atoms with E-state index in [-0.39, 0.29) is 6.03 Å². The van der Waals surface area contributed by atoms with E-state index in [4.69, 9.17) is 0 Å². The average molecular weight is 329 g/mol. The second-order valence-electron chi connectivity index (χ2n) is 6.97. The molecule has 3 rings (SSSR count). The van der Waals surface area contributed by atoms with Gasteiger partial charge in [0.25, 0.3) is 0 Å². The molecule has 130 valence electrons. The predicted molar refractivity (Wildman–Crippen MR) is 94.9 cm³/mol. The fourth-order valence-corrected chi connectivity index (χ4v) is 3.59. The van der Waals surface area contributed by atoms with E-state index >= 15 is 0 Å². The highest BCUT2D eigenvalue weighted by Crippen LogP contribution is 2.23. The second kappa shape index (κ2) is 7.69. The lowest BCUT2D eigenvalue weighted by atomic mass is 9.93. The molecule has 0 saturated carbocycles. The molecule has 0 aliphatic carbocycles. The first-order chi connectivity index (χ1) is 11.6. The van der Waals surface area contributed by atoms with Gasteiger partial charge in [0, 0.05) is 38.3 Å². The minimum absolute atomic E-state index is 0.0337. The van der Waals surface area contributed by atoms with Crippen LogP contribution in [-0.4, -0.2) is 47.9 Å². The van der Waals surface area contributed by atoms with E-state index in [0.717, 1.165) is 63.1 Å². The third-order valence-corrected chi connectivity index (χ3v) is 5.21. The van der Waals surface area contributed by atoms with Crippen LogP contribution in [0.5, 0.6) is 0 Å². The van der Waals surface area contributed by atoms with E-state index in [0.29, 0.717) is 18.2 Å². The molecule has 2 saturated heterocycles. The lowest BCUT2D eigenvalue weighted by Crippen LogP contribution is -2.42. The number of carbonyl (C=O) groups excluding carboxylic acids is 2. The van der Waals surface area contributed by atoms with Gasteiger partial charge >= 0.3 is 6.03 Å². The van der Waals surface area contributed by atoms with E-state index in [9.17, 15) is 9.59 Å². The van der Waals surface area contributed by atoms with Gasteiger partial charge in [0.15, 0.2) is 0 Å². The van der Waals surface area contributed by atoms with Crippen LogP contribution in [-0.2, 0) is 4.79 Å². The standard InChI is InChI=1S/C19H27N3O2/c1-15-6-2-3-7-17(15)20-19(24)22-12-8-16(9-13-22)14-18(23)21-10-4-5-11-21/h2-3,6-7,16H,4-5,8-14H2,1H3,(H,20,24). The number of aryl methyl sites for hydroxylation is 1. The normalized spacial score (nSPS) is 18.7. The van der Waals surface area contributed by atoms with Crippen LogP contribution >= 0.6 is 0 Å². The Morgan fingerprint density at radius 3 is 2.38 bits per heavy atom. The maximum atomic E-state index is 12.4. The Morgan fingerprint density at radius 2 is 1.71 bits per heavy atom. The Labute approximate surface area is 144 Å². The largest absolute Gasteiger partial charge is 0.343 e. The zero-order valence-electron chi connectivity index (χ0n) is 14.5. The summed E-state index contributed by atoms with van der Waals surface area (Å²) in [4.78, 5) is 28.5. The van der Waals surface area contributed by atoms with Gasteiger partial charge in [-0.3, -0.25) is 4.79 Å². The summed E-state index contributed by atoms with van der Waals surface area (Å²) in [6.45, 7) is 5.31. The number of urea groups is 1. The highest BCUT2D eigenvalue weighted by molar-refractivity contribution is 5.90. The van der Waals surface area contributed by atoms with Crippen molar-refractivity contribution >= 4 is 17.6 Å². The zero-order valence-corrected chi connectivity index (χ0v) is 14.5. The van der Waals surface area contributed by atoms with Crippen LogP contribution in [0.4, 0.5) is 10.5 Å².